The normalized spacial score (nSPS) is 12.0. The Labute approximate surface area is 145 Å². The lowest BCUT2D eigenvalue weighted by Crippen LogP contribution is -2.35. The summed E-state index contributed by atoms with van der Waals surface area (Å²) < 4.78 is 0. The first-order valence-electron chi connectivity index (χ1n) is 7.79. The number of para-hydroxylation sites is 2. The van der Waals surface area contributed by atoms with Crippen LogP contribution < -0.4 is 10.7 Å². The predicted molar refractivity (Wildman–Crippen MR) is 97.8 cm³/mol. The van der Waals surface area contributed by atoms with Crippen molar-refractivity contribution in [2.75, 3.05) is 5.32 Å². The van der Waals surface area contributed by atoms with E-state index in [-0.39, 0.29) is 11.6 Å². The first-order valence-corrected chi connectivity index (χ1v) is 7.79. The molecule has 0 unspecified atom stereocenters. The second-order valence-electron chi connectivity index (χ2n) is 5.68. The van der Waals surface area contributed by atoms with Crippen LogP contribution in [-0.2, 0) is 4.79 Å². The summed E-state index contributed by atoms with van der Waals surface area (Å²) >= 11 is 0. The second-order valence-corrected chi connectivity index (χ2v) is 5.68. The molecule has 0 saturated heterocycles. The van der Waals surface area contributed by atoms with Crippen LogP contribution in [-0.4, -0.2) is 23.1 Å². The molecule has 0 bridgehead atoms. The molecular formula is C18H20N4O3. The Balaban J connectivity index is 2.02. The van der Waals surface area contributed by atoms with E-state index in [1.807, 2.05) is 32.0 Å². The smallest absolute Gasteiger partial charge is 0.278 e. The van der Waals surface area contributed by atoms with Crippen molar-refractivity contribution in [1.82, 2.24) is 5.43 Å². The quantitative estimate of drug-likeness (QED) is 0.479. The Hall–Kier alpha value is -3.22. The van der Waals surface area contributed by atoms with Gasteiger partial charge in [0.25, 0.3) is 11.6 Å². The lowest BCUT2D eigenvalue weighted by Gasteiger charge is -2.17. The van der Waals surface area contributed by atoms with Gasteiger partial charge in [-0.05, 0) is 38.0 Å². The summed E-state index contributed by atoms with van der Waals surface area (Å²) in [6, 6.07) is 11.6. The summed E-state index contributed by atoms with van der Waals surface area (Å²) in [4.78, 5) is 22.6. The molecule has 2 aromatic rings. The zero-order chi connectivity index (χ0) is 18.4. The third kappa shape index (κ3) is 4.63. The first-order chi connectivity index (χ1) is 11.9. The van der Waals surface area contributed by atoms with Crippen molar-refractivity contribution in [3.05, 3.63) is 69.3 Å². The molecule has 0 aliphatic carbocycles. The van der Waals surface area contributed by atoms with Gasteiger partial charge in [0, 0.05) is 11.8 Å². The van der Waals surface area contributed by atoms with Crippen molar-refractivity contribution in [1.29, 1.82) is 0 Å². The van der Waals surface area contributed by atoms with Crippen molar-refractivity contribution >= 4 is 23.5 Å². The van der Waals surface area contributed by atoms with Gasteiger partial charge >= 0.3 is 0 Å². The van der Waals surface area contributed by atoms with Crippen LogP contribution in [0.15, 0.2) is 47.6 Å². The van der Waals surface area contributed by atoms with Gasteiger partial charge in [0.15, 0.2) is 0 Å². The Morgan fingerprint density at radius 1 is 1.16 bits per heavy atom. The highest BCUT2D eigenvalue weighted by atomic mass is 16.6. The first kappa shape index (κ1) is 18.1. The number of aryl methyl sites for hydroxylation is 2. The minimum absolute atomic E-state index is 0.0674. The Morgan fingerprint density at radius 3 is 2.44 bits per heavy atom. The molecule has 2 aromatic carbocycles. The summed E-state index contributed by atoms with van der Waals surface area (Å²) in [7, 11) is 0. The standard InChI is InChI=1S/C18H20N4O3/c1-12-7-6-8-13(2)17(12)20-14(3)18(23)21-19-11-15-9-4-5-10-16(15)22(24)25/h4-11,14,20H,1-3H3,(H,21,23)/b19-11+/t14-/m0/s1. The van der Waals surface area contributed by atoms with E-state index in [4.69, 9.17) is 0 Å². The lowest BCUT2D eigenvalue weighted by molar-refractivity contribution is -0.385. The van der Waals surface area contributed by atoms with E-state index in [1.54, 1.807) is 25.1 Å². The van der Waals surface area contributed by atoms with E-state index in [9.17, 15) is 14.9 Å². The lowest BCUT2D eigenvalue weighted by atomic mass is 10.1. The van der Waals surface area contributed by atoms with Gasteiger partial charge in [0.2, 0.25) is 0 Å². The third-order valence-corrected chi connectivity index (χ3v) is 3.75. The van der Waals surface area contributed by atoms with Gasteiger partial charge in [-0.3, -0.25) is 14.9 Å². The zero-order valence-electron chi connectivity index (χ0n) is 14.3. The molecule has 0 fully saturated rings. The number of amides is 1. The molecular weight excluding hydrogens is 320 g/mol. The summed E-state index contributed by atoms with van der Waals surface area (Å²) in [5, 5.41) is 17.9. The molecule has 0 aliphatic heterocycles. The number of anilines is 1. The number of rotatable bonds is 6. The number of nitro groups is 1. The van der Waals surface area contributed by atoms with Gasteiger partial charge in [-0.1, -0.05) is 30.3 Å². The molecule has 25 heavy (non-hydrogen) atoms. The predicted octanol–water partition coefficient (Wildman–Crippen LogP) is 3.16. The molecule has 0 spiro atoms. The molecule has 1 amide bonds. The van der Waals surface area contributed by atoms with E-state index >= 15 is 0 Å². The van der Waals surface area contributed by atoms with Crippen molar-refractivity contribution < 1.29 is 9.72 Å². The van der Waals surface area contributed by atoms with E-state index in [1.165, 1.54) is 12.3 Å². The van der Waals surface area contributed by atoms with Gasteiger partial charge in [-0.25, -0.2) is 5.43 Å². The average Bonchev–Trinajstić information content (AvgIpc) is 2.58. The SMILES string of the molecule is Cc1cccc(C)c1N[C@@H](C)C(=O)N/N=C/c1ccccc1[N+](=O)[O-]. The van der Waals surface area contributed by atoms with Crippen LogP contribution in [0.5, 0.6) is 0 Å². The maximum atomic E-state index is 12.2. The molecule has 0 saturated carbocycles. The Morgan fingerprint density at radius 2 is 1.80 bits per heavy atom. The van der Waals surface area contributed by atoms with Gasteiger partial charge < -0.3 is 5.32 Å². The number of nitrogens with zero attached hydrogens (tertiary/aromatic N) is 2. The number of hydrogen-bond acceptors (Lipinski definition) is 5. The molecule has 0 radical (unpaired) electrons. The molecule has 0 aromatic heterocycles. The van der Waals surface area contributed by atoms with Gasteiger partial charge in [-0.15, -0.1) is 0 Å². The zero-order valence-corrected chi connectivity index (χ0v) is 14.3. The number of carbonyl (C=O) groups is 1. The van der Waals surface area contributed by atoms with Crippen LogP contribution in [0.1, 0.15) is 23.6 Å². The van der Waals surface area contributed by atoms with E-state index in [0.717, 1.165) is 16.8 Å². The second kappa shape index (κ2) is 8.05. The van der Waals surface area contributed by atoms with Crippen LogP contribution in [0.4, 0.5) is 11.4 Å². The van der Waals surface area contributed by atoms with Crippen molar-refractivity contribution in [3.63, 3.8) is 0 Å². The molecule has 130 valence electrons. The van der Waals surface area contributed by atoms with Crippen molar-refractivity contribution in [2.24, 2.45) is 5.10 Å². The molecule has 0 heterocycles. The third-order valence-electron chi connectivity index (χ3n) is 3.75. The number of nitrogens with one attached hydrogen (secondary N) is 2. The Kier molecular flexibility index (Phi) is 5.84. The molecule has 7 nitrogen and oxygen atoms in total. The summed E-state index contributed by atoms with van der Waals surface area (Å²) in [5.41, 5.74) is 5.66. The van der Waals surface area contributed by atoms with E-state index in [0.29, 0.717) is 5.56 Å². The number of hydrogen-bond donors (Lipinski definition) is 2. The molecule has 0 aliphatic rings. The highest BCUT2D eigenvalue weighted by Gasteiger charge is 2.14. The summed E-state index contributed by atoms with van der Waals surface area (Å²) in [6.45, 7) is 5.65. The number of hydrazone groups is 1. The minimum atomic E-state index is -0.511. The van der Waals surface area contributed by atoms with E-state index in [2.05, 4.69) is 15.8 Å². The van der Waals surface area contributed by atoms with Gasteiger partial charge in [0.05, 0.1) is 16.7 Å². The largest absolute Gasteiger partial charge is 0.373 e. The topological polar surface area (TPSA) is 96.6 Å². The van der Waals surface area contributed by atoms with Crippen LogP contribution in [0.25, 0.3) is 0 Å². The number of nitro benzene ring substituents is 1. The van der Waals surface area contributed by atoms with Crippen molar-refractivity contribution in [2.45, 2.75) is 26.8 Å². The maximum absolute atomic E-state index is 12.2. The van der Waals surface area contributed by atoms with Gasteiger partial charge in [-0.2, -0.15) is 5.10 Å². The summed E-state index contributed by atoms with van der Waals surface area (Å²) in [6.07, 6.45) is 1.27. The molecule has 2 rings (SSSR count). The fourth-order valence-electron chi connectivity index (χ4n) is 2.35. The van der Waals surface area contributed by atoms with Crippen molar-refractivity contribution in [3.8, 4) is 0 Å². The van der Waals surface area contributed by atoms with Crippen LogP contribution in [0.2, 0.25) is 0 Å². The molecule has 2 N–H and O–H groups in total. The summed E-state index contributed by atoms with van der Waals surface area (Å²) in [5.74, 6) is -0.336. The fraction of sp³-hybridized carbons (Fsp3) is 0.222. The van der Waals surface area contributed by atoms with Crippen LogP contribution in [0.3, 0.4) is 0 Å². The number of carbonyl (C=O) groups excluding carboxylic acids is 1. The highest BCUT2D eigenvalue weighted by Crippen LogP contribution is 2.20. The highest BCUT2D eigenvalue weighted by molar-refractivity contribution is 5.88. The Bertz CT molecular complexity index is 797. The monoisotopic (exact) mass is 340 g/mol. The van der Waals surface area contributed by atoms with Crippen LogP contribution in [0, 0.1) is 24.0 Å². The average molecular weight is 340 g/mol. The van der Waals surface area contributed by atoms with E-state index < -0.39 is 11.0 Å². The fourth-order valence-corrected chi connectivity index (χ4v) is 2.35. The molecule has 7 heteroatoms. The maximum Gasteiger partial charge on any atom is 0.278 e. The van der Waals surface area contributed by atoms with Gasteiger partial charge in [0.1, 0.15) is 6.04 Å². The minimum Gasteiger partial charge on any atom is -0.373 e. The van der Waals surface area contributed by atoms with Crippen LogP contribution >= 0.6 is 0 Å². The molecule has 1 atom stereocenters. The number of benzene rings is 2.